The number of carbonyl (C=O) groups excluding carboxylic acids is 1. The number of aromatic carboxylic acids is 1. The normalized spacial score (nSPS) is 9.95. The third-order valence-corrected chi connectivity index (χ3v) is 2.91. The largest absolute Gasteiger partial charge is 0.478 e. The Kier molecular flexibility index (Phi) is 3.87. The first-order valence-electron chi connectivity index (χ1n) is 5.51. The van der Waals surface area contributed by atoms with Crippen LogP contribution in [-0.2, 0) is 0 Å². The lowest BCUT2D eigenvalue weighted by molar-refractivity contribution is 0.0692. The summed E-state index contributed by atoms with van der Waals surface area (Å²) in [5.41, 5.74) is 1.40. The molecule has 2 aromatic carbocycles. The Bertz CT molecular complexity index is 626. The molecular weight excluding hydrogens is 262 g/mol. The van der Waals surface area contributed by atoms with Crippen molar-refractivity contribution in [3.05, 3.63) is 59.7 Å². The maximum Gasteiger partial charge on any atom is 0.336 e. The van der Waals surface area contributed by atoms with E-state index in [0.717, 1.165) is 5.56 Å². The molecule has 0 aliphatic heterocycles. The second-order valence-electron chi connectivity index (χ2n) is 3.84. The van der Waals surface area contributed by atoms with Crippen molar-refractivity contribution in [3.63, 3.8) is 0 Å². The Morgan fingerprint density at radius 3 is 2.26 bits per heavy atom. The van der Waals surface area contributed by atoms with E-state index in [2.05, 4.69) is 17.5 Å². The molecule has 0 aliphatic rings. The van der Waals surface area contributed by atoms with Gasteiger partial charge in [-0.25, -0.2) is 4.79 Å². The number of carbonyl (C=O) groups is 2. The van der Waals surface area contributed by atoms with Crippen LogP contribution in [0.3, 0.4) is 0 Å². The first-order chi connectivity index (χ1) is 9.15. The fourth-order valence-corrected chi connectivity index (χ4v) is 2.00. The molecule has 0 heterocycles. The van der Waals surface area contributed by atoms with E-state index in [1.54, 1.807) is 12.1 Å². The summed E-state index contributed by atoms with van der Waals surface area (Å²) in [5, 5.41) is 9.18. The second-order valence-corrected chi connectivity index (χ2v) is 4.06. The van der Waals surface area contributed by atoms with E-state index >= 15 is 0 Å². The van der Waals surface area contributed by atoms with Gasteiger partial charge >= 0.3 is 5.97 Å². The fraction of sp³-hybridized carbons (Fsp3) is 0. The smallest absolute Gasteiger partial charge is 0.336 e. The summed E-state index contributed by atoms with van der Waals surface area (Å²) in [6, 6.07) is 13.8. The predicted octanol–water partition coefficient (Wildman–Crippen LogP) is 2.63. The lowest BCUT2D eigenvalue weighted by atomic mass is 9.95. The number of benzene rings is 2. The van der Waals surface area contributed by atoms with Gasteiger partial charge in [0.15, 0.2) is 0 Å². The van der Waals surface area contributed by atoms with Crippen LogP contribution in [0.4, 0.5) is 0 Å². The Labute approximate surface area is 115 Å². The van der Waals surface area contributed by atoms with Crippen LogP contribution in [0.5, 0.6) is 0 Å². The zero-order valence-corrected chi connectivity index (χ0v) is 10.7. The molecule has 1 amide bonds. The molecule has 2 N–H and O–H groups in total. The number of carboxylic acids is 1. The third-order valence-electron chi connectivity index (χ3n) is 2.71. The molecule has 2 rings (SSSR count). The highest BCUT2D eigenvalue weighted by atomic mass is 32.1. The van der Waals surface area contributed by atoms with E-state index in [1.807, 2.05) is 30.3 Å². The van der Waals surface area contributed by atoms with E-state index in [9.17, 15) is 14.7 Å². The molecule has 0 spiro atoms. The average molecular weight is 273 g/mol. The standard InChI is InChI=1S/C14H11NO3S/c16-13(15-19)12-10(9-5-2-1-3-6-9)7-4-8-11(12)14(17)18/h1-8,19H,(H,15,16)(H,17,18). The molecule has 19 heavy (non-hydrogen) atoms. The summed E-state index contributed by atoms with van der Waals surface area (Å²) < 4.78 is 2.18. The van der Waals surface area contributed by atoms with Gasteiger partial charge in [-0.3, -0.25) is 9.52 Å². The van der Waals surface area contributed by atoms with E-state index in [4.69, 9.17) is 0 Å². The molecule has 4 nitrogen and oxygen atoms in total. The lowest BCUT2D eigenvalue weighted by Gasteiger charge is -2.11. The van der Waals surface area contributed by atoms with Crippen molar-refractivity contribution in [3.8, 4) is 11.1 Å². The molecule has 96 valence electrons. The minimum Gasteiger partial charge on any atom is -0.478 e. The quantitative estimate of drug-likeness (QED) is 0.753. The van der Waals surface area contributed by atoms with Crippen molar-refractivity contribution in [2.24, 2.45) is 0 Å². The van der Waals surface area contributed by atoms with Crippen LogP contribution in [0.25, 0.3) is 11.1 Å². The summed E-state index contributed by atoms with van der Waals surface area (Å²) in [5.74, 6) is -1.69. The molecule has 0 radical (unpaired) electrons. The minimum absolute atomic E-state index is 0.0482. The van der Waals surface area contributed by atoms with Gasteiger partial charge in [0, 0.05) is 0 Å². The van der Waals surface area contributed by atoms with E-state index in [-0.39, 0.29) is 11.1 Å². The van der Waals surface area contributed by atoms with Gasteiger partial charge in [-0.05, 0) is 17.2 Å². The first-order valence-corrected chi connectivity index (χ1v) is 5.96. The molecule has 5 heteroatoms. The Balaban J connectivity index is 2.71. The summed E-state index contributed by atoms with van der Waals surface area (Å²) in [4.78, 5) is 23.1. The third kappa shape index (κ3) is 2.61. The monoisotopic (exact) mass is 273 g/mol. The van der Waals surface area contributed by atoms with Crippen LogP contribution in [-0.4, -0.2) is 17.0 Å². The van der Waals surface area contributed by atoms with Gasteiger partial charge in [-0.2, -0.15) is 0 Å². The van der Waals surface area contributed by atoms with Crippen LogP contribution >= 0.6 is 12.8 Å². The van der Waals surface area contributed by atoms with Gasteiger partial charge in [0.05, 0.1) is 11.1 Å². The van der Waals surface area contributed by atoms with Crippen molar-refractivity contribution in [1.29, 1.82) is 0 Å². The topological polar surface area (TPSA) is 66.4 Å². The van der Waals surface area contributed by atoms with Crippen molar-refractivity contribution in [2.75, 3.05) is 0 Å². The Hall–Kier alpha value is -2.27. The number of amides is 1. The van der Waals surface area contributed by atoms with Crippen LogP contribution in [0.1, 0.15) is 20.7 Å². The van der Waals surface area contributed by atoms with Crippen LogP contribution in [0.2, 0.25) is 0 Å². The first kappa shape index (κ1) is 13.2. The summed E-state index contributed by atoms with van der Waals surface area (Å²) in [7, 11) is 0. The van der Waals surface area contributed by atoms with Gasteiger partial charge in [-0.15, -0.1) is 0 Å². The van der Waals surface area contributed by atoms with Crippen LogP contribution in [0.15, 0.2) is 48.5 Å². The zero-order chi connectivity index (χ0) is 13.8. The number of nitrogens with one attached hydrogen (secondary N) is 1. The zero-order valence-electron chi connectivity index (χ0n) is 9.83. The minimum atomic E-state index is -1.15. The summed E-state index contributed by atoms with van der Waals surface area (Å²) >= 11 is 3.71. The SMILES string of the molecule is O=C(O)c1cccc(-c2ccccc2)c1C(=O)NS. The number of thiol groups is 1. The van der Waals surface area contributed by atoms with Crippen LogP contribution < -0.4 is 4.72 Å². The average Bonchev–Trinajstić information content (AvgIpc) is 2.46. The highest BCUT2D eigenvalue weighted by Crippen LogP contribution is 2.26. The van der Waals surface area contributed by atoms with Crippen LogP contribution in [0, 0.1) is 0 Å². The lowest BCUT2D eigenvalue weighted by Crippen LogP contribution is -2.18. The molecule has 0 atom stereocenters. The fourth-order valence-electron chi connectivity index (χ4n) is 1.89. The van der Waals surface area contributed by atoms with Crippen molar-refractivity contribution < 1.29 is 14.7 Å². The van der Waals surface area contributed by atoms with Crippen molar-refractivity contribution in [1.82, 2.24) is 4.72 Å². The molecule has 0 aromatic heterocycles. The van der Waals surface area contributed by atoms with Gasteiger partial charge in [0.2, 0.25) is 0 Å². The van der Waals surface area contributed by atoms with Gasteiger partial charge in [0.25, 0.3) is 5.91 Å². The molecule has 0 fully saturated rings. The molecule has 0 saturated carbocycles. The molecular formula is C14H11NO3S. The second kappa shape index (κ2) is 5.58. The van der Waals surface area contributed by atoms with Gasteiger partial charge in [0.1, 0.15) is 0 Å². The van der Waals surface area contributed by atoms with Crippen molar-refractivity contribution >= 4 is 24.7 Å². The maximum absolute atomic E-state index is 11.9. The van der Waals surface area contributed by atoms with E-state index < -0.39 is 11.9 Å². The highest BCUT2D eigenvalue weighted by Gasteiger charge is 2.20. The van der Waals surface area contributed by atoms with Crippen molar-refractivity contribution in [2.45, 2.75) is 0 Å². The molecule has 0 saturated heterocycles. The molecule has 0 bridgehead atoms. The van der Waals surface area contributed by atoms with Gasteiger partial charge in [-0.1, -0.05) is 55.3 Å². The number of rotatable bonds is 3. The number of hydrogen-bond acceptors (Lipinski definition) is 3. The predicted molar refractivity (Wildman–Crippen MR) is 75.3 cm³/mol. The Morgan fingerprint density at radius 2 is 1.68 bits per heavy atom. The molecule has 2 aromatic rings. The Morgan fingerprint density at radius 1 is 1.00 bits per heavy atom. The molecule has 0 aliphatic carbocycles. The highest BCUT2D eigenvalue weighted by molar-refractivity contribution is 7.78. The van der Waals surface area contributed by atoms with E-state index in [1.165, 1.54) is 6.07 Å². The number of carboxylic acid groups (broad SMARTS) is 1. The maximum atomic E-state index is 11.9. The summed E-state index contributed by atoms with van der Waals surface area (Å²) in [6.45, 7) is 0. The number of hydrogen-bond donors (Lipinski definition) is 3. The summed E-state index contributed by atoms with van der Waals surface area (Å²) in [6.07, 6.45) is 0. The van der Waals surface area contributed by atoms with E-state index in [0.29, 0.717) is 5.56 Å². The van der Waals surface area contributed by atoms with Gasteiger partial charge < -0.3 is 5.11 Å². The molecule has 0 unspecified atom stereocenters.